The van der Waals surface area contributed by atoms with Gasteiger partial charge in [0, 0.05) is 17.1 Å². The van der Waals surface area contributed by atoms with Gasteiger partial charge in [-0.05, 0) is 60.5 Å². The Morgan fingerprint density at radius 2 is 1.64 bits per heavy atom. The minimum absolute atomic E-state index is 0.224. The minimum Gasteiger partial charge on any atom is -0.317 e. The van der Waals surface area contributed by atoms with Crippen LogP contribution < -0.4 is 5.32 Å². The van der Waals surface area contributed by atoms with E-state index < -0.39 is 0 Å². The number of pyridine rings is 1. The summed E-state index contributed by atoms with van der Waals surface area (Å²) in [4.78, 5) is 4.60. The van der Waals surface area contributed by atoms with E-state index >= 15 is 0 Å². The summed E-state index contributed by atoms with van der Waals surface area (Å²) in [5, 5.41) is 4.67. The van der Waals surface area contributed by atoms with Crippen molar-refractivity contribution in [1.82, 2.24) is 10.3 Å². The molecule has 2 heterocycles. The molecule has 3 aromatic rings. The molecule has 0 amide bonds. The second-order valence-corrected chi connectivity index (χ2v) is 7.74. The van der Waals surface area contributed by atoms with Crippen molar-refractivity contribution in [3.05, 3.63) is 66.4 Å². The van der Waals surface area contributed by atoms with Crippen LogP contribution in [0.25, 0.3) is 22.0 Å². The summed E-state index contributed by atoms with van der Waals surface area (Å²) >= 11 is 0. The van der Waals surface area contributed by atoms with Crippen molar-refractivity contribution >= 4 is 10.9 Å². The van der Waals surface area contributed by atoms with Crippen LogP contribution in [0.1, 0.15) is 32.3 Å². The maximum absolute atomic E-state index is 4.60. The number of nitrogens with one attached hydrogen (secondary N) is 1. The van der Waals surface area contributed by atoms with Gasteiger partial charge in [0.25, 0.3) is 0 Å². The van der Waals surface area contributed by atoms with Crippen LogP contribution in [0, 0.1) is 5.92 Å². The first kappa shape index (κ1) is 16.3. The van der Waals surface area contributed by atoms with Crippen molar-refractivity contribution < 1.29 is 0 Å². The molecule has 2 nitrogen and oxygen atoms in total. The summed E-state index contributed by atoms with van der Waals surface area (Å²) < 4.78 is 0. The molecule has 1 aromatic heterocycles. The van der Waals surface area contributed by atoms with Crippen molar-refractivity contribution in [3.63, 3.8) is 0 Å². The van der Waals surface area contributed by atoms with Gasteiger partial charge in [-0.2, -0.15) is 0 Å². The second kappa shape index (κ2) is 6.61. The lowest BCUT2D eigenvalue weighted by molar-refractivity contribution is 0.247. The van der Waals surface area contributed by atoms with Crippen molar-refractivity contribution in [2.45, 2.75) is 32.1 Å². The predicted molar refractivity (Wildman–Crippen MR) is 106 cm³/mol. The van der Waals surface area contributed by atoms with Crippen LogP contribution in [0.3, 0.4) is 0 Å². The smallest absolute Gasteiger partial charge is 0.0702 e. The number of aromatic nitrogens is 1. The molecule has 1 aliphatic rings. The SMILES string of the molecule is CC(C)(c1ccc(-c2cnc3ccccc3c2)cc1)C1CCNCC1. The first-order chi connectivity index (χ1) is 12.1. The summed E-state index contributed by atoms with van der Waals surface area (Å²) in [6, 6.07) is 19.7. The number of hydrogen-bond donors (Lipinski definition) is 1. The summed E-state index contributed by atoms with van der Waals surface area (Å²) in [5.74, 6) is 0.752. The predicted octanol–water partition coefficient (Wildman–Crippen LogP) is 5.18. The Bertz CT molecular complexity index is 859. The molecule has 0 atom stereocenters. The normalized spacial score (nSPS) is 16.2. The van der Waals surface area contributed by atoms with Crippen molar-refractivity contribution in [3.8, 4) is 11.1 Å². The standard InChI is InChI=1S/C23H26N2/c1-23(2,21-11-13-24-14-12-21)20-9-7-17(8-10-20)19-15-18-5-3-4-6-22(18)25-16-19/h3-10,15-16,21,24H,11-14H2,1-2H3. The molecular weight excluding hydrogens is 304 g/mol. The van der Waals surface area contributed by atoms with Gasteiger partial charge < -0.3 is 5.32 Å². The molecule has 2 heteroatoms. The van der Waals surface area contributed by atoms with Crippen LogP contribution in [0.4, 0.5) is 0 Å². The van der Waals surface area contributed by atoms with Gasteiger partial charge in [0.1, 0.15) is 0 Å². The highest BCUT2D eigenvalue weighted by molar-refractivity contribution is 5.83. The van der Waals surface area contributed by atoms with Gasteiger partial charge in [0.15, 0.2) is 0 Å². The third-order valence-electron chi connectivity index (χ3n) is 5.91. The van der Waals surface area contributed by atoms with E-state index in [0.717, 1.165) is 24.5 Å². The lowest BCUT2D eigenvalue weighted by Crippen LogP contribution is -2.38. The highest BCUT2D eigenvalue weighted by Crippen LogP contribution is 2.37. The largest absolute Gasteiger partial charge is 0.317 e. The second-order valence-electron chi connectivity index (χ2n) is 7.74. The number of piperidine rings is 1. The highest BCUT2D eigenvalue weighted by atomic mass is 14.9. The summed E-state index contributed by atoms with van der Waals surface area (Å²) in [7, 11) is 0. The monoisotopic (exact) mass is 330 g/mol. The molecule has 0 unspecified atom stereocenters. The van der Waals surface area contributed by atoms with Crippen molar-refractivity contribution in [1.29, 1.82) is 0 Å². The van der Waals surface area contributed by atoms with Gasteiger partial charge in [-0.1, -0.05) is 56.3 Å². The Morgan fingerprint density at radius 3 is 2.40 bits per heavy atom. The number of benzene rings is 2. The van der Waals surface area contributed by atoms with E-state index in [2.05, 4.69) is 72.7 Å². The van der Waals surface area contributed by atoms with Gasteiger partial charge in [0.05, 0.1) is 5.52 Å². The Hall–Kier alpha value is -2.19. The van der Waals surface area contributed by atoms with E-state index in [0.29, 0.717) is 0 Å². The fourth-order valence-corrected chi connectivity index (χ4v) is 4.10. The zero-order valence-corrected chi connectivity index (χ0v) is 15.1. The molecule has 1 N–H and O–H groups in total. The Balaban J connectivity index is 1.62. The Kier molecular flexibility index (Phi) is 4.30. The van der Waals surface area contributed by atoms with Gasteiger partial charge >= 0.3 is 0 Å². The van der Waals surface area contributed by atoms with E-state index in [9.17, 15) is 0 Å². The lowest BCUT2D eigenvalue weighted by Gasteiger charge is -2.38. The van der Waals surface area contributed by atoms with Crippen molar-refractivity contribution in [2.75, 3.05) is 13.1 Å². The molecule has 4 rings (SSSR count). The molecule has 2 aromatic carbocycles. The number of nitrogens with zero attached hydrogens (tertiary/aromatic N) is 1. The lowest BCUT2D eigenvalue weighted by atomic mass is 9.69. The molecule has 1 aliphatic heterocycles. The van der Waals surface area contributed by atoms with Crippen LogP contribution in [0.2, 0.25) is 0 Å². The van der Waals surface area contributed by atoms with Crippen LogP contribution in [0.5, 0.6) is 0 Å². The third-order valence-corrected chi connectivity index (χ3v) is 5.91. The first-order valence-corrected chi connectivity index (χ1v) is 9.31. The zero-order chi connectivity index (χ0) is 17.3. The van der Waals surface area contributed by atoms with Gasteiger partial charge in [-0.15, -0.1) is 0 Å². The quantitative estimate of drug-likeness (QED) is 0.716. The summed E-state index contributed by atoms with van der Waals surface area (Å²) in [6.45, 7) is 7.09. The third kappa shape index (κ3) is 3.19. The average Bonchev–Trinajstić information content (AvgIpc) is 2.68. The molecular formula is C23H26N2. The molecule has 128 valence electrons. The number of rotatable bonds is 3. The maximum atomic E-state index is 4.60. The van der Waals surface area contributed by atoms with Crippen LogP contribution in [-0.2, 0) is 5.41 Å². The molecule has 1 saturated heterocycles. The number of hydrogen-bond acceptors (Lipinski definition) is 2. The van der Waals surface area contributed by atoms with Crippen molar-refractivity contribution in [2.24, 2.45) is 5.92 Å². The highest BCUT2D eigenvalue weighted by Gasteiger charge is 2.31. The number of fused-ring (bicyclic) bond motifs is 1. The first-order valence-electron chi connectivity index (χ1n) is 9.31. The van der Waals surface area contributed by atoms with E-state index in [1.165, 1.54) is 34.9 Å². The van der Waals surface area contributed by atoms with Gasteiger partial charge in [-0.3, -0.25) is 4.98 Å². The Labute approximate surface area is 150 Å². The zero-order valence-electron chi connectivity index (χ0n) is 15.1. The van der Waals surface area contributed by atoms with Gasteiger partial charge in [0.2, 0.25) is 0 Å². The van der Waals surface area contributed by atoms with E-state index in [-0.39, 0.29) is 5.41 Å². The molecule has 0 spiro atoms. The van der Waals surface area contributed by atoms with Crippen LogP contribution >= 0.6 is 0 Å². The fraction of sp³-hybridized carbons (Fsp3) is 0.348. The van der Waals surface area contributed by atoms with E-state index in [1.54, 1.807) is 0 Å². The molecule has 25 heavy (non-hydrogen) atoms. The minimum atomic E-state index is 0.224. The van der Waals surface area contributed by atoms with E-state index in [1.807, 2.05) is 12.3 Å². The molecule has 0 radical (unpaired) electrons. The molecule has 0 bridgehead atoms. The summed E-state index contributed by atoms with van der Waals surface area (Å²) in [6.07, 6.45) is 4.52. The maximum Gasteiger partial charge on any atom is 0.0702 e. The topological polar surface area (TPSA) is 24.9 Å². The van der Waals surface area contributed by atoms with Gasteiger partial charge in [-0.25, -0.2) is 0 Å². The van der Waals surface area contributed by atoms with Crippen LogP contribution in [0.15, 0.2) is 60.8 Å². The number of para-hydroxylation sites is 1. The summed E-state index contributed by atoms with van der Waals surface area (Å²) in [5.41, 5.74) is 5.14. The van der Waals surface area contributed by atoms with E-state index in [4.69, 9.17) is 0 Å². The Morgan fingerprint density at radius 1 is 0.920 bits per heavy atom. The molecule has 0 saturated carbocycles. The molecule has 0 aliphatic carbocycles. The van der Waals surface area contributed by atoms with Crippen LogP contribution in [-0.4, -0.2) is 18.1 Å². The average molecular weight is 330 g/mol. The molecule has 1 fully saturated rings. The fourth-order valence-electron chi connectivity index (χ4n) is 4.10.